The van der Waals surface area contributed by atoms with Gasteiger partial charge in [-0.25, -0.2) is 6.57 Å². The third-order valence-corrected chi connectivity index (χ3v) is 3.39. The van der Waals surface area contributed by atoms with Crippen molar-refractivity contribution >= 4 is 5.78 Å². The molecule has 0 aliphatic carbocycles. The second kappa shape index (κ2) is 9.07. The van der Waals surface area contributed by atoms with Crippen molar-refractivity contribution in [3.8, 4) is 0 Å². The van der Waals surface area contributed by atoms with Gasteiger partial charge in [0.2, 0.25) is 5.54 Å². The summed E-state index contributed by atoms with van der Waals surface area (Å²) in [6.45, 7) is 14.0. The van der Waals surface area contributed by atoms with Crippen LogP contribution in [0.15, 0.2) is 0 Å². The average molecular weight is 255 g/mol. The number of hydrogen-bond donors (Lipinski definition) is 1. The Kier molecular flexibility index (Phi) is 8.61. The van der Waals surface area contributed by atoms with E-state index in [9.17, 15) is 4.79 Å². The number of carbonyl (C=O) groups excluding carboxylic acids is 1. The van der Waals surface area contributed by atoms with Crippen LogP contribution in [0.25, 0.3) is 4.85 Å². The largest absolute Gasteiger partial charge is 0.394 e. The molecule has 0 bridgehead atoms. The molecule has 18 heavy (non-hydrogen) atoms. The molecule has 104 valence electrons. The minimum atomic E-state index is -0.428. The highest BCUT2D eigenvalue weighted by Gasteiger charge is 2.34. The SMILES string of the molecule is [C-]#[N+]C(C)(CCC(=O)CCCOCCO)C(C)C. The van der Waals surface area contributed by atoms with Gasteiger partial charge < -0.3 is 14.7 Å². The predicted molar refractivity (Wildman–Crippen MR) is 71.2 cm³/mol. The summed E-state index contributed by atoms with van der Waals surface area (Å²) in [4.78, 5) is 15.3. The van der Waals surface area contributed by atoms with Gasteiger partial charge in [0.15, 0.2) is 0 Å². The predicted octanol–water partition coefficient (Wildman–Crippen LogP) is 2.46. The fraction of sp³-hybridized carbons (Fsp3) is 0.857. The van der Waals surface area contributed by atoms with E-state index in [4.69, 9.17) is 16.4 Å². The molecule has 0 aromatic rings. The Morgan fingerprint density at radius 3 is 2.56 bits per heavy atom. The van der Waals surface area contributed by atoms with Gasteiger partial charge in [0, 0.05) is 38.7 Å². The molecule has 0 saturated carbocycles. The molecular weight excluding hydrogens is 230 g/mol. The zero-order valence-corrected chi connectivity index (χ0v) is 11.7. The number of carbonyl (C=O) groups is 1. The molecule has 0 saturated heterocycles. The first-order chi connectivity index (χ1) is 8.46. The van der Waals surface area contributed by atoms with E-state index in [1.807, 2.05) is 20.8 Å². The first kappa shape index (κ1) is 17.1. The molecule has 0 rings (SSSR count). The van der Waals surface area contributed by atoms with Crippen molar-refractivity contribution in [3.05, 3.63) is 11.4 Å². The van der Waals surface area contributed by atoms with Crippen molar-refractivity contribution in [2.75, 3.05) is 19.8 Å². The lowest BCUT2D eigenvalue weighted by Gasteiger charge is -2.20. The normalized spacial score (nSPS) is 14.2. The van der Waals surface area contributed by atoms with E-state index in [1.165, 1.54) is 0 Å². The van der Waals surface area contributed by atoms with Gasteiger partial charge in [-0.2, -0.15) is 0 Å². The van der Waals surface area contributed by atoms with Crippen LogP contribution < -0.4 is 0 Å². The molecule has 1 unspecified atom stereocenters. The standard InChI is InChI=1S/C14H25NO3/c1-12(2)14(3,15-4)8-7-13(17)6-5-10-18-11-9-16/h12,16H,5-11H2,1-3H3. The number of ketones is 1. The highest BCUT2D eigenvalue weighted by atomic mass is 16.5. The Morgan fingerprint density at radius 2 is 2.06 bits per heavy atom. The Labute approximate surface area is 110 Å². The topological polar surface area (TPSA) is 50.9 Å². The van der Waals surface area contributed by atoms with Gasteiger partial charge in [0.1, 0.15) is 5.78 Å². The summed E-state index contributed by atoms with van der Waals surface area (Å²) in [5.74, 6) is 0.453. The molecular formula is C14H25NO3. The van der Waals surface area contributed by atoms with Crippen LogP contribution in [0.2, 0.25) is 0 Å². The molecule has 1 N–H and O–H groups in total. The number of nitrogens with zero attached hydrogens (tertiary/aromatic N) is 1. The van der Waals surface area contributed by atoms with Gasteiger partial charge in [0.25, 0.3) is 0 Å². The van der Waals surface area contributed by atoms with E-state index in [0.717, 1.165) is 0 Å². The lowest BCUT2D eigenvalue weighted by Crippen LogP contribution is -2.28. The second-order valence-corrected chi connectivity index (χ2v) is 5.10. The smallest absolute Gasteiger partial charge is 0.232 e. The van der Waals surface area contributed by atoms with E-state index in [1.54, 1.807) is 0 Å². The molecule has 1 atom stereocenters. The van der Waals surface area contributed by atoms with Gasteiger partial charge >= 0.3 is 0 Å². The number of rotatable bonds is 10. The monoisotopic (exact) mass is 255 g/mol. The first-order valence-corrected chi connectivity index (χ1v) is 6.55. The van der Waals surface area contributed by atoms with Gasteiger partial charge in [-0.1, -0.05) is 13.8 Å². The average Bonchev–Trinajstić information content (AvgIpc) is 2.35. The van der Waals surface area contributed by atoms with Gasteiger partial charge in [0.05, 0.1) is 13.2 Å². The molecule has 0 amide bonds. The number of Topliss-reactive ketones (excluding diaryl/α,β-unsaturated/α-hetero) is 1. The highest BCUT2D eigenvalue weighted by molar-refractivity contribution is 5.78. The fourth-order valence-electron chi connectivity index (χ4n) is 1.53. The van der Waals surface area contributed by atoms with Crippen LogP contribution in [0.1, 0.15) is 46.5 Å². The number of hydrogen-bond acceptors (Lipinski definition) is 3. The number of aliphatic hydroxyl groups excluding tert-OH is 1. The minimum absolute atomic E-state index is 0.0195. The van der Waals surface area contributed by atoms with Crippen LogP contribution in [0.3, 0.4) is 0 Å². The van der Waals surface area contributed by atoms with Crippen LogP contribution in [-0.2, 0) is 9.53 Å². The van der Waals surface area contributed by atoms with E-state index in [0.29, 0.717) is 38.9 Å². The molecule has 0 heterocycles. The molecule has 0 aromatic carbocycles. The van der Waals surface area contributed by atoms with E-state index < -0.39 is 5.54 Å². The minimum Gasteiger partial charge on any atom is -0.394 e. The van der Waals surface area contributed by atoms with Crippen molar-refractivity contribution < 1.29 is 14.6 Å². The molecule has 0 aliphatic heterocycles. The van der Waals surface area contributed by atoms with E-state index >= 15 is 0 Å². The Bertz CT molecular complexity index is 283. The van der Waals surface area contributed by atoms with Gasteiger partial charge in [-0.15, -0.1) is 0 Å². The maximum Gasteiger partial charge on any atom is 0.232 e. The zero-order chi connectivity index (χ0) is 14.0. The zero-order valence-electron chi connectivity index (χ0n) is 11.7. The van der Waals surface area contributed by atoms with Crippen LogP contribution >= 0.6 is 0 Å². The molecule has 4 nitrogen and oxygen atoms in total. The molecule has 0 aliphatic rings. The van der Waals surface area contributed by atoms with E-state index in [2.05, 4.69) is 4.85 Å². The summed E-state index contributed by atoms with van der Waals surface area (Å²) < 4.78 is 5.09. The summed E-state index contributed by atoms with van der Waals surface area (Å²) in [6.07, 6.45) is 2.29. The summed E-state index contributed by atoms with van der Waals surface area (Å²) in [7, 11) is 0. The third kappa shape index (κ3) is 6.73. The molecule has 0 radical (unpaired) electrons. The summed E-state index contributed by atoms with van der Waals surface area (Å²) in [6, 6.07) is 0. The number of aliphatic hydroxyl groups is 1. The third-order valence-electron chi connectivity index (χ3n) is 3.39. The maximum atomic E-state index is 11.7. The van der Waals surface area contributed by atoms with Crippen molar-refractivity contribution in [2.24, 2.45) is 5.92 Å². The van der Waals surface area contributed by atoms with Crippen LogP contribution in [-0.4, -0.2) is 36.2 Å². The van der Waals surface area contributed by atoms with Crippen molar-refractivity contribution in [1.29, 1.82) is 0 Å². The molecule has 4 heteroatoms. The summed E-state index contributed by atoms with van der Waals surface area (Å²) in [5, 5.41) is 8.51. The Morgan fingerprint density at radius 1 is 1.39 bits per heavy atom. The number of ether oxygens (including phenoxy) is 1. The lowest BCUT2D eigenvalue weighted by atomic mass is 9.84. The fourth-order valence-corrected chi connectivity index (χ4v) is 1.53. The van der Waals surface area contributed by atoms with Crippen molar-refractivity contribution in [1.82, 2.24) is 0 Å². The Balaban J connectivity index is 3.80. The van der Waals surface area contributed by atoms with E-state index in [-0.39, 0.29) is 18.3 Å². The second-order valence-electron chi connectivity index (χ2n) is 5.10. The van der Waals surface area contributed by atoms with Crippen molar-refractivity contribution in [3.63, 3.8) is 0 Å². The lowest BCUT2D eigenvalue weighted by molar-refractivity contribution is -0.119. The molecule has 0 aromatic heterocycles. The first-order valence-electron chi connectivity index (χ1n) is 6.55. The molecule has 0 spiro atoms. The van der Waals surface area contributed by atoms with Crippen LogP contribution in [0.4, 0.5) is 0 Å². The van der Waals surface area contributed by atoms with Crippen LogP contribution in [0.5, 0.6) is 0 Å². The summed E-state index contributed by atoms with van der Waals surface area (Å²) >= 11 is 0. The van der Waals surface area contributed by atoms with Gasteiger partial charge in [-0.3, -0.25) is 4.79 Å². The molecule has 0 fully saturated rings. The van der Waals surface area contributed by atoms with Crippen LogP contribution in [0, 0.1) is 12.5 Å². The quantitative estimate of drug-likeness (QED) is 0.482. The maximum absolute atomic E-state index is 11.7. The van der Waals surface area contributed by atoms with Gasteiger partial charge in [-0.05, 0) is 6.42 Å². The Hall–Kier alpha value is -0.920. The van der Waals surface area contributed by atoms with Crippen molar-refractivity contribution in [2.45, 2.75) is 52.0 Å². The highest BCUT2D eigenvalue weighted by Crippen LogP contribution is 2.27. The summed E-state index contributed by atoms with van der Waals surface area (Å²) in [5.41, 5.74) is -0.428.